The highest BCUT2D eigenvalue weighted by atomic mass is 19.3. The molecule has 0 saturated carbocycles. The van der Waals surface area contributed by atoms with Gasteiger partial charge in [-0.3, -0.25) is 0 Å². The van der Waals surface area contributed by atoms with Gasteiger partial charge in [0, 0.05) is 6.08 Å². The van der Waals surface area contributed by atoms with E-state index < -0.39 is 30.8 Å². The first-order valence-electron chi connectivity index (χ1n) is 3.48. The van der Waals surface area contributed by atoms with Crippen molar-refractivity contribution in [2.75, 3.05) is 6.61 Å². The van der Waals surface area contributed by atoms with Gasteiger partial charge in [-0.25, -0.2) is 13.6 Å². The predicted octanol–water partition coefficient (Wildman–Crippen LogP) is 2.25. The fourth-order valence-electron chi connectivity index (χ4n) is 0.477. The van der Waals surface area contributed by atoms with Crippen molar-refractivity contribution in [3.8, 4) is 0 Å². The maximum Gasteiger partial charge on any atom is 0.372 e. The van der Waals surface area contributed by atoms with Gasteiger partial charge in [-0.2, -0.15) is 17.6 Å². The predicted molar refractivity (Wildman–Crippen MR) is 37.1 cm³/mol. The number of halogens is 6. The molecular formula is C7H6F6O2. The molecule has 0 radical (unpaired) electrons. The van der Waals surface area contributed by atoms with Crippen molar-refractivity contribution in [2.45, 2.75) is 18.3 Å². The Hall–Kier alpha value is -1.21. The first-order valence-corrected chi connectivity index (χ1v) is 3.48. The molecular weight excluding hydrogens is 230 g/mol. The number of carbonyl (C=O) groups is 1. The van der Waals surface area contributed by atoms with Crippen molar-refractivity contribution in [3.05, 3.63) is 12.7 Å². The zero-order valence-electron chi connectivity index (χ0n) is 7.15. The lowest BCUT2D eigenvalue weighted by Crippen LogP contribution is -2.49. The molecule has 0 rings (SSSR count). The Morgan fingerprint density at radius 2 is 1.80 bits per heavy atom. The Kier molecular flexibility index (Phi) is 4.17. The number of alkyl halides is 6. The summed E-state index contributed by atoms with van der Waals surface area (Å²) in [5.41, 5.74) is 0. The molecule has 0 saturated heterocycles. The van der Waals surface area contributed by atoms with Crippen molar-refractivity contribution in [1.82, 2.24) is 0 Å². The lowest BCUT2D eigenvalue weighted by molar-refractivity contribution is -0.276. The number of hydrogen-bond acceptors (Lipinski definition) is 2. The van der Waals surface area contributed by atoms with Crippen LogP contribution in [-0.2, 0) is 9.53 Å². The van der Waals surface area contributed by atoms with Gasteiger partial charge >= 0.3 is 24.2 Å². The average molecular weight is 236 g/mol. The number of carbonyl (C=O) groups excluding carboxylic acids is 1. The largest absolute Gasteiger partial charge is 0.456 e. The molecule has 0 heterocycles. The molecule has 0 atom stereocenters. The molecule has 0 aromatic heterocycles. The molecule has 0 aromatic rings. The van der Waals surface area contributed by atoms with Crippen LogP contribution >= 0.6 is 0 Å². The Bertz CT molecular complexity index is 250. The highest BCUT2D eigenvalue weighted by Gasteiger charge is 2.63. The van der Waals surface area contributed by atoms with Gasteiger partial charge < -0.3 is 4.74 Å². The molecule has 8 heteroatoms. The van der Waals surface area contributed by atoms with Crippen LogP contribution in [0.3, 0.4) is 0 Å². The lowest BCUT2D eigenvalue weighted by atomic mass is 10.2. The Balaban J connectivity index is 4.54. The third-order valence-corrected chi connectivity index (χ3v) is 1.32. The zero-order valence-corrected chi connectivity index (χ0v) is 7.15. The standard InChI is InChI=1S/C7H6F6O2/c1-2-4(14)15-3-6(10,11)7(12,13)5(8)9/h2,5H,1,3H2. The summed E-state index contributed by atoms with van der Waals surface area (Å²) in [6.45, 7) is 0.674. The van der Waals surface area contributed by atoms with Crippen LogP contribution in [0, 0.1) is 0 Å². The van der Waals surface area contributed by atoms with E-state index in [0.29, 0.717) is 6.08 Å². The van der Waals surface area contributed by atoms with E-state index in [0.717, 1.165) is 0 Å². The summed E-state index contributed by atoms with van der Waals surface area (Å²) >= 11 is 0. The van der Waals surface area contributed by atoms with Gasteiger partial charge in [0.15, 0.2) is 6.61 Å². The molecule has 0 aliphatic carbocycles. The van der Waals surface area contributed by atoms with Gasteiger partial charge in [-0.1, -0.05) is 6.58 Å². The third-order valence-electron chi connectivity index (χ3n) is 1.32. The third kappa shape index (κ3) is 3.14. The number of esters is 1. The molecule has 15 heavy (non-hydrogen) atoms. The molecule has 0 spiro atoms. The van der Waals surface area contributed by atoms with E-state index in [1.807, 2.05) is 0 Å². The van der Waals surface area contributed by atoms with Crippen molar-refractivity contribution < 1.29 is 35.9 Å². The second-order valence-corrected chi connectivity index (χ2v) is 2.44. The normalized spacial score (nSPS) is 12.7. The number of hydrogen-bond donors (Lipinski definition) is 0. The van der Waals surface area contributed by atoms with E-state index in [1.165, 1.54) is 0 Å². The van der Waals surface area contributed by atoms with E-state index >= 15 is 0 Å². The van der Waals surface area contributed by atoms with Crippen molar-refractivity contribution in [1.29, 1.82) is 0 Å². The Morgan fingerprint density at radius 1 is 1.33 bits per heavy atom. The highest BCUT2D eigenvalue weighted by Crippen LogP contribution is 2.39. The van der Waals surface area contributed by atoms with Crippen molar-refractivity contribution in [3.63, 3.8) is 0 Å². The molecule has 88 valence electrons. The van der Waals surface area contributed by atoms with E-state index in [9.17, 15) is 31.1 Å². The van der Waals surface area contributed by atoms with Crippen LogP contribution in [0.5, 0.6) is 0 Å². The van der Waals surface area contributed by atoms with E-state index in [-0.39, 0.29) is 0 Å². The zero-order chi connectivity index (χ0) is 12.3. The molecule has 0 unspecified atom stereocenters. The number of ether oxygens (including phenoxy) is 1. The van der Waals surface area contributed by atoms with Crippen LogP contribution in [0.1, 0.15) is 0 Å². The smallest absolute Gasteiger partial charge is 0.372 e. The van der Waals surface area contributed by atoms with Gasteiger partial charge in [-0.05, 0) is 0 Å². The van der Waals surface area contributed by atoms with Crippen LogP contribution in [-0.4, -0.2) is 30.8 Å². The SMILES string of the molecule is C=CC(=O)OCC(F)(F)C(F)(F)C(F)F. The summed E-state index contributed by atoms with van der Waals surface area (Å²) < 4.78 is 75.8. The van der Waals surface area contributed by atoms with Gasteiger partial charge in [0.1, 0.15) is 0 Å². The molecule has 0 N–H and O–H groups in total. The van der Waals surface area contributed by atoms with E-state index in [1.54, 1.807) is 0 Å². The summed E-state index contributed by atoms with van der Waals surface area (Å²) in [6, 6.07) is 0. The molecule has 0 aromatic carbocycles. The lowest BCUT2D eigenvalue weighted by Gasteiger charge is -2.24. The Morgan fingerprint density at radius 3 is 2.13 bits per heavy atom. The summed E-state index contributed by atoms with van der Waals surface area (Å²) in [5.74, 6) is -12.1. The van der Waals surface area contributed by atoms with Gasteiger partial charge in [-0.15, -0.1) is 0 Å². The first-order chi connectivity index (χ1) is 6.65. The van der Waals surface area contributed by atoms with Crippen molar-refractivity contribution >= 4 is 5.97 Å². The number of rotatable bonds is 5. The molecule has 0 aliphatic heterocycles. The molecule has 0 aliphatic rings. The summed E-state index contributed by atoms with van der Waals surface area (Å²) in [5, 5.41) is 0. The highest BCUT2D eigenvalue weighted by molar-refractivity contribution is 5.81. The minimum atomic E-state index is -5.55. The summed E-state index contributed by atoms with van der Waals surface area (Å²) in [4.78, 5) is 10.2. The van der Waals surface area contributed by atoms with Crippen molar-refractivity contribution in [2.24, 2.45) is 0 Å². The molecule has 2 nitrogen and oxygen atoms in total. The minimum Gasteiger partial charge on any atom is -0.456 e. The average Bonchev–Trinajstić information content (AvgIpc) is 2.13. The topological polar surface area (TPSA) is 26.3 Å². The first kappa shape index (κ1) is 13.8. The van der Waals surface area contributed by atoms with Crippen LogP contribution in [0.4, 0.5) is 26.3 Å². The quantitative estimate of drug-likeness (QED) is 0.415. The van der Waals surface area contributed by atoms with Gasteiger partial charge in [0.25, 0.3) is 0 Å². The van der Waals surface area contributed by atoms with Gasteiger partial charge in [0.05, 0.1) is 0 Å². The minimum absolute atomic E-state index is 0.441. The van der Waals surface area contributed by atoms with Gasteiger partial charge in [0.2, 0.25) is 0 Å². The monoisotopic (exact) mass is 236 g/mol. The second-order valence-electron chi connectivity index (χ2n) is 2.44. The van der Waals surface area contributed by atoms with Crippen LogP contribution in [0.15, 0.2) is 12.7 Å². The van der Waals surface area contributed by atoms with Crippen LogP contribution in [0.25, 0.3) is 0 Å². The maximum absolute atomic E-state index is 12.4. The summed E-state index contributed by atoms with van der Waals surface area (Å²) in [6.07, 6.45) is -4.11. The molecule has 0 bridgehead atoms. The Labute approximate surface area is 80.5 Å². The fourth-order valence-corrected chi connectivity index (χ4v) is 0.477. The van der Waals surface area contributed by atoms with Crippen LogP contribution in [0.2, 0.25) is 0 Å². The fraction of sp³-hybridized carbons (Fsp3) is 0.571. The summed E-state index contributed by atoms with van der Waals surface area (Å²) in [7, 11) is 0. The van der Waals surface area contributed by atoms with E-state index in [2.05, 4.69) is 11.3 Å². The maximum atomic E-state index is 12.4. The second kappa shape index (κ2) is 4.54. The van der Waals surface area contributed by atoms with Crippen LogP contribution < -0.4 is 0 Å². The van der Waals surface area contributed by atoms with E-state index in [4.69, 9.17) is 0 Å². The molecule has 0 amide bonds. The molecule has 0 fully saturated rings.